The van der Waals surface area contributed by atoms with Gasteiger partial charge in [-0.2, -0.15) is 0 Å². The first kappa shape index (κ1) is 24.0. The van der Waals surface area contributed by atoms with E-state index in [1.807, 2.05) is 0 Å². The molecule has 0 aliphatic carbocycles. The Balaban J connectivity index is 2.47. The van der Waals surface area contributed by atoms with Gasteiger partial charge in [-0.3, -0.25) is 0 Å². The van der Waals surface area contributed by atoms with Crippen molar-refractivity contribution in [1.82, 2.24) is 0 Å². The molecule has 0 aliphatic rings. The van der Waals surface area contributed by atoms with Gasteiger partial charge in [0.25, 0.3) is 0 Å². The Kier molecular flexibility index (Phi) is 13.8. The zero-order chi connectivity index (χ0) is 19.1. The molecule has 1 nitrogen and oxygen atoms in total. The van der Waals surface area contributed by atoms with Gasteiger partial charge in [-0.1, -0.05) is 106 Å². The lowest BCUT2D eigenvalue weighted by Crippen LogP contribution is -2.00. The Hall–Kier alpha value is -0.0700. The van der Waals surface area contributed by atoms with Gasteiger partial charge in [0.1, 0.15) is 0 Å². The average Bonchev–Trinajstić information content (AvgIpc) is 2.63. The SMILES string of the molecule is CCCCCCCCP(=O)(CCCCCCCC)Cc1ccc(Br)cc1. The highest BCUT2D eigenvalue weighted by molar-refractivity contribution is 9.10. The minimum atomic E-state index is -2.08. The fraction of sp³-hybridized carbons (Fsp3) is 0.739. The van der Waals surface area contributed by atoms with Crippen LogP contribution in [-0.2, 0) is 10.7 Å². The van der Waals surface area contributed by atoms with Gasteiger partial charge in [-0.25, -0.2) is 0 Å². The van der Waals surface area contributed by atoms with Gasteiger partial charge in [-0.05, 0) is 30.5 Å². The topological polar surface area (TPSA) is 17.1 Å². The summed E-state index contributed by atoms with van der Waals surface area (Å²) in [6.45, 7) is 4.51. The van der Waals surface area contributed by atoms with E-state index in [-0.39, 0.29) is 0 Å². The monoisotopic (exact) mass is 442 g/mol. The lowest BCUT2D eigenvalue weighted by molar-refractivity contribution is 0.560. The Morgan fingerprint density at radius 1 is 0.692 bits per heavy atom. The third kappa shape index (κ3) is 11.6. The van der Waals surface area contributed by atoms with E-state index < -0.39 is 7.14 Å². The summed E-state index contributed by atoms with van der Waals surface area (Å²) in [5.41, 5.74) is 1.24. The van der Waals surface area contributed by atoms with Crippen LogP contribution in [-0.4, -0.2) is 12.3 Å². The Bertz CT molecular complexity index is 477. The molecule has 0 radical (unpaired) electrons. The van der Waals surface area contributed by atoms with Gasteiger partial charge in [0.05, 0.1) is 7.14 Å². The number of benzene rings is 1. The lowest BCUT2D eigenvalue weighted by Gasteiger charge is -2.19. The maximum Gasteiger partial charge on any atom is 0.0919 e. The second-order valence-electron chi connectivity index (χ2n) is 7.83. The van der Waals surface area contributed by atoms with E-state index in [4.69, 9.17) is 0 Å². The summed E-state index contributed by atoms with van der Waals surface area (Å²) < 4.78 is 14.7. The van der Waals surface area contributed by atoms with Crippen molar-refractivity contribution >= 4 is 23.1 Å². The fourth-order valence-electron chi connectivity index (χ4n) is 3.55. The van der Waals surface area contributed by atoms with E-state index >= 15 is 0 Å². The van der Waals surface area contributed by atoms with Crippen LogP contribution in [0.25, 0.3) is 0 Å². The molecule has 0 saturated carbocycles. The minimum Gasteiger partial charge on any atom is -0.323 e. The molecular weight excluding hydrogens is 403 g/mol. The van der Waals surface area contributed by atoms with Gasteiger partial charge in [0.15, 0.2) is 0 Å². The van der Waals surface area contributed by atoms with Gasteiger partial charge in [-0.15, -0.1) is 0 Å². The van der Waals surface area contributed by atoms with E-state index in [1.165, 1.54) is 69.8 Å². The lowest BCUT2D eigenvalue weighted by atomic mass is 10.1. The summed E-state index contributed by atoms with van der Waals surface area (Å²) in [7, 11) is -2.08. The zero-order valence-electron chi connectivity index (χ0n) is 17.1. The molecule has 0 heterocycles. The first-order chi connectivity index (χ1) is 12.6. The van der Waals surface area contributed by atoms with E-state index in [9.17, 15) is 4.57 Å². The van der Waals surface area contributed by atoms with Gasteiger partial charge < -0.3 is 4.57 Å². The van der Waals surface area contributed by atoms with Crippen LogP contribution >= 0.6 is 23.1 Å². The average molecular weight is 443 g/mol. The highest BCUT2D eigenvalue weighted by atomic mass is 79.9. The highest BCUT2D eigenvalue weighted by Crippen LogP contribution is 2.51. The normalized spacial score (nSPS) is 11.8. The van der Waals surface area contributed by atoms with Crippen LogP contribution in [0.3, 0.4) is 0 Å². The summed E-state index contributed by atoms with van der Waals surface area (Å²) in [4.78, 5) is 0. The number of rotatable bonds is 16. The van der Waals surface area contributed by atoms with Crippen molar-refractivity contribution in [3.63, 3.8) is 0 Å². The van der Waals surface area contributed by atoms with Crippen LogP contribution < -0.4 is 0 Å². The second-order valence-corrected chi connectivity index (χ2v) is 12.1. The van der Waals surface area contributed by atoms with Crippen molar-refractivity contribution in [2.24, 2.45) is 0 Å². The van der Waals surface area contributed by atoms with E-state index in [0.29, 0.717) is 0 Å². The second kappa shape index (κ2) is 14.9. The molecule has 26 heavy (non-hydrogen) atoms. The minimum absolute atomic E-state index is 0.796. The van der Waals surface area contributed by atoms with Crippen LogP contribution in [0.5, 0.6) is 0 Å². The van der Waals surface area contributed by atoms with Crippen molar-refractivity contribution in [1.29, 1.82) is 0 Å². The summed E-state index contributed by atoms with van der Waals surface area (Å²) in [6, 6.07) is 8.43. The fourth-order valence-corrected chi connectivity index (χ4v) is 6.83. The van der Waals surface area contributed by atoms with Crippen LogP contribution in [0.1, 0.15) is 96.5 Å². The molecule has 1 aromatic carbocycles. The molecule has 3 heteroatoms. The number of unbranched alkanes of at least 4 members (excludes halogenated alkanes) is 10. The molecule has 0 fully saturated rings. The smallest absolute Gasteiger partial charge is 0.0919 e. The first-order valence-electron chi connectivity index (χ1n) is 10.9. The van der Waals surface area contributed by atoms with Gasteiger partial charge in [0, 0.05) is 23.0 Å². The van der Waals surface area contributed by atoms with Crippen LogP contribution in [0.2, 0.25) is 0 Å². The van der Waals surface area contributed by atoms with Crippen molar-refractivity contribution in [2.45, 2.75) is 97.1 Å². The predicted octanol–water partition coefficient (Wildman–Crippen LogP) is 9.03. The van der Waals surface area contributed by atoms with Crippen molar-refractivity contribution in [3.05, 3.63) is 34.3 Å². The largest absolute Gasteiger partial charge is 0.323 e. The predicted molar refractivity (Wildman–Crippen MR) is 122 cm³/mol. The molecule has 0 amide bonds. The molecule has 0 spiro atoms. The van der Waals surface area contributed by atoms with Gasteiger partial charge in [0.2, 0.25) is 0 Å². The van der Waals surface area contributed by atoms with E-state index in [0.717, 1.165) is 35.8 Å². The third-order valence-electron chi connectivity index (χ3n) is 5.22. The molecule has 0 aromatic heterocycles. The summed E-state index contributed by atoms with van der Waals surface area (Å²) in [5.74, 6) is 0. The zero-order valence-corrected chi connectivity index (χ0v) is 19.6. The third-order valence-corrected chi connectivity index (χ3v) is 8.95. The number of halogens is 1. The standard InChI is InChI=1S/C23H40BrOP/c1-3-5-7-9-11-13-19-26(25,20-14-12-10-8-6-4-2)21-22-15-17-23(24)18-16-22/h15-18H,3-14,19-21H2,1-2H3. The van der Waals surface area contributed by atoms with Gasteiger partial charge >= 0.3 is 0 Å². The van der Waals surface area contributed by atoms with E-state index in [1.54, 1.807) is 0 Å². The molecule has 0 N–H and O–H groups in total. The summed E-state index contributed by atoms with van der Waals surface area (Å²) in [5, 5.41) is 0. The molecule has 0 unspecified atom stereocenters. The molecule has 150 valence electrons. The molecule has 0 bridgehead atoms. The Morgan fingerprint density at radius 3 is 1.58 bits per heavy atom. The van der Waals surface area contributed by atoms with E-state index in [2.05, 4.69) is 54.0 Å². The maximum atomic E-state index is 13.6. The molecule has 0 saturated heterocycles. The Morgan fingerprint density at radius 2 is 1.12 bits per heavy atom. The molecule has 1 aromatic rings. The maximum absolute atomic E-state index is 13.6. The highest BCUT2D eigenvalue weighted by Gasteiger charge is 2.21. The molecular formula is C23H40BrOP. The van der Waals surface area contributed by atoms with Crippen molar-refractivity contribution in [2.75, 3.05) is 12.3 Å². The summed E-state index contributed by atoms with van der Waals surface area (Å²) >= 11 is 3.50. The molecule has 1 rings (SSSR count). The Labute approximate surface area is 171 Å². The van der Waals surface area contributed by atoms with Crippen molar-refractivity contribution < 1.29 is 4.57 Å². The van der Waals surface area contributed by atoms with Crippen LogP contribution in [0.4, 0.5) is 0 Å². The summed E-state index contributed by atoms with van der Waals surface area (Å²) in [6.07, 6.45) is 18.0. The van der Waals surface area contributed by atoms with Crippen LogP contribution in [0, 0.1) is 0 Å². The number of hydrogen-bond donors (Lipinski definition) is 0. The quantitative estimate of drug-likeness (QED) is 0.184. The first-order valence-corrected chi connectivity index (χ1v) is 14.0. The molecule has 0 aliphatic heterocycles. The molecule has 0 atom stereocenters. The van der Waals surface area contributed by atoms with Crippen molar-refractivity contribution in [3.8, 4) is 0 Å². The number of hydrogen-bond acceptors (Lipinski definition) is 1. The van der Waals surface area contributed by atoms with Crippen LogP contribution in [0.15, 0.2) is 28.7 Å².